The Morgan fingerprint density at radius 1 is 1.00 bits per heavy atom. The third-order valence-corrected chi connectivity index (χ3v) is 2.28. The van der Waals surface area contributed by atoms with Gasteiger partial charge in [-0.25, -0.2) is 14.4 Å². The summed E-state index contributed by atoms with van der Waals surface area (Å²) < 4.78 is 8.93. The fourth-order valence-corrected chi connectivity index (χ4v) is 1.31. The molecule has 6 nitrogen and oxygen atoms in total. The molecule has 0 radical (unpaired) electrons. The van der Waals surface area contributed by atoms with Crippen LogP contribution in [-0.2, 0) is 19.1 Å². The molecule has 1 aromatic rings. The molecule has 0 fully saturated rings. The summed E-state index contributed by atoms with van der Waals surface area (Å²) in [5.41, 5.74) is 0.318. The molecule has 0 aliphatic heterocycles. The quantitative estimate of drug-likeness (QED) is 0.379. The Kier molecular flexibility index (Phi) is 4.82. The first-order chi connectivity index (χ1) is 8.99. The monoisotopic (exact) mass is 264 g/mol. The highest BCUT2D eigenvalue weighted by atomic mass is 16.5. The number of carboxylic acids is 1. The number of aromatic carboxylic acids is 1. The number of carboxylic acid groups (broad SMARTS) is 1. The van der Waals surface area contributed by atoms with Crippen LogP contribution in [0.25, 0.3) is 6.08 Å². The maximum atomic E-state index is 11.4. The van der Waals surface area contributed by atoms with E-state index in [0.717, 1.165) is 14.2 Å². The van der Waals surface area contributed by atoms with Gasteiger partial charge in [-0.15, -0.1) is 0 Å². The van der Waals surface area contributed by atoms with Crippen molar-refractivity contribution in [1.82, 2.24) is 0 Å². The molecule has 100 valence electrons. The zero-order chi connectivity index (χ0) is 14.4. The zero-order valence-corrected chi connectivity index (χ0v) is 10.4. The minimum atomic E-state index is -1.06. The molecule has 0 unspecified atom stereocenters. The van der Waals surface area contributed by atoms with Gasteiger partial charge in [-0.1, -0.05) is 12.1 Å². The third kappa shape index (κ3) is 3.67. The van der Waals surface area contributed by atoms with Crippen LogP contribution in [0.4, 0.5) is 0 Å². The molecular formula is C13H12O6. The van der Waals surface area contributed by atoms with E-state index >= 15 is 0 Å². The standard InChI is InChI=1S/C13H12O6/c1-18-12(16)10(13(17)19-2)7-8-3-5-9(6-4-8)11(14)15/h3-7H,1-2H3,(H,14,15). The number of carbonyl (C=O) groups excluding carboxylic acids is 2. The van der Waals surface area contributed by atoms with Crippen LogP contribution in [0.1, 0.15) is 15.9 Å². The number of carbonyl (C=O) groups is 3. The highest BCUT2D eigenvalue weighted by Gasteiger charge is 2.19. The fraction of sp³-hybridized carbons (Fsp3) is 0.154. The summed E-state index contributed by atoms with van der Waals surface area (Å²) in [6.45, 7) is 0. The highest BCUT2D eigenvalue weighted by Crippen LogP contribution is 2.11. The van der Waals surface area contributed by atoms with Crippen LogP contribution in [-0.4, -0.2) is 37.2 Å². The molecule has 0 amide bonds. The van der Waals surface area contributed by atoms with E-state index in [9.17, 15) is 14.4 Å². The summed E-state index contributed by atoms with van der Waals surface area (Å²) in [6, 6.07) is 5.66. The predicted molar refractivity (Wildman–Crippen MR) is 65.4 cm³/mol. The summed E-state index contributed by atoms with van der Waals surface area (Å²) in [5.74, 6) is -2.71. The van der Waals surface area contributed by atoms with Gasteiger partial charge >= 0.3 is 17.9 Å². The second kappa shape index (κ2) is 6.34. The second-order valence-corrected chi connectivity index (χ2v) is 3.47. The number of benzene rings is 1. The van der Waals surface area contributed by atoms with Gasteiger partial charge in [0.25, 0.3) is 0 Å². The van der Waals surface area contributed by atoms with Crippen molar-refractivity contribution in [1.29, 1.82) is 0 Å². The number of esters is 2. The number of methoxy groups -OCH3 is 2. The van der Waals surface area contributed by atoms with E-state index in [-0.39, 0.29) is 11.1 Å². The normalized spacial score (nSPS) is 9.37. The molecule has 0 aliphatic carbocycles. The van der Waals surface area contributed by atoms with Crippen LogP contribution in [0.2, 0.25) is 0 Å². The van der Waals surface area contributed by atoms with Gasteiger partial charge in [-0.3, -0.25) is 0 Å². The molecule has 0 spiro atoms. The van der Waals surface area contributed by atoms with Gasteiger partial charge in [0.1, 0.15) is 5.57 Å². The van der Waals surface area contributed by atoms with Crippen molar-refractivity contribution in [2.45, 2.75) is 0 Å². The summed E-state index contributed by atoms with van der Waals surface area (Å²) >= 11 is 0. The average molecular weight is 264 g/mol. The van der Waals surface area contributed by atoms with Crippen molar-refractivity contribution >= 4 is 24.0 Å². The van der Waals surface area contributed by atoms with Gasteiger partial charge in [0.2, 0.25) is 0 Å². The van der Waals surface area contributed by atoms with Gasteiger partial charge < -0.3 is 14.6 Å². The molecule has 1 aromatic carbocycles. The van der Waals surface area contributed by atoms with E-state index in [1.165, 1.54) is 30.3 Å². The topological polar surface area (TPSA) is 89.9 Å². The molecule has 1 N–H and O–H groups in total. The zero-order valence-electron chi connectivity index (χ0n) is 10.4. The number of hydrogen-bond donors (Lipinski definition) is 1. The Balaban J connectivity index is 3.11. The molecular weight excluding hydrogens is 252 g/mol. The third-order valence-electron chi connectivity index (χ3n) is 2.28. The largest absolute Gasteiger partial charge is 0.478 e. The Morgan fingerprint density at radius 3 is 1.84 bits per heavy atom. The number of rotatable bonds is 4. The molecule has 0 saturated carbocycles. The van der Waals surface area contributed by atoms with Crippen LogP contribution in [0.15, 0.2) is 29.8 Å². The summed E-state index contributed by atoms with van der Waals surface area (Å²) in [6.07, 6.45) is 1.27. The maximum Gasteiger partial charge on any atom is 0.345 e. The minimum absolute atomic E-state index is 0.106. The molecule has 0 atom stereocenters. The predicted octanol–water partition coefficient (Wildman–Crippen LogP) is 1.11. The molecule has 0 aliphatic rings. The van der Waals surface area contributed by atoms with E-state index in [1.807, 2.05) is 0 Å². The summed E-state index contributed by atoms with van der Waals surface area (Å²) in [7, 11) is 2.29. The first kappa shape index (κ1) is 14.4. The number of hydrogen-bond acceptors (Lipinski definition) is 5. The lowest BCUT2D eigenvalue weighted by molar-refractivity contribution is -0.143. The molecule has 0 saturated heterocycles. The van der Waals surface area contributed by atoms with Crippen molar-refractivity contribution in [3.8, 4) is 0 Å². The van der Waals surface area contributed by atoms with E-state index in [4.69, 9.17) is 5.11 Å². The second-order valence-electron chi connectivity index (χ2n) is 3.47. The first-order valence-electron chi connectivity index (χ1n) is 5.21. The Bertz CT molecular complexity index is 509. The van der Waals surface area contributed by atoms with E-state index in [2.05, 4.69) is 9.47 Å². The molecule has 0 heterocycles. The number of ether oxygens (including phenoxy) is 2. The Labute approximate surface area is 109 Å². The molecule has 19 heavy (non-hydrogen) atoms. The van der Waals surface area contributed by atoms with Crippen molar-refractivity contribution in [3.05, 3.63) is 41.0 Å². The Hall–Kier alpha value is -2.63. The lowest BCUT2D eigenvalue weighted by atomic mass is 10.1. The molecule has 0 aromatic heterocycles. The average Bonchev–Trinajstić information content (AvgIpc) is 2.43. The summed E-state index contributed by atoms with van der Waals surface area (Å²) in [5, 5.41) is 8.75. The van der Waals surface area contributed by atoms with Crippen molar-refractivity contribution < 1.29 is 29.0 Å². The van der Waals surface area contributed by atoms with Gasteiger partial charge in [-0.2, -0.15) is 0 Å². The van der Waals surface area contributed by atoms with Gasteiger partial charge in [0, 0.05) is 0 Å². The first-order valence-corrected chi connectivity index (χ1v) is 5.21. The SMILES string of the molecule is COC(=O)C(=Cc1ccc(C(=O)O)cc1)C(=O)OC. The molecule has 1 rings (SSSR count). The maximum absolute atomic E-state index is 11.4. The van der Waals surface area contributed by atoms with Crippen LogP contribution < -0.4 is 0 Å². The fourth-order valence-electron chi connectivity index (χ4n) is 1.31. The lowest BCUT2D eigenvalue weighted by Gasteiger charge is -2.03. The van der Waals surface area contributed by atoms with Crippen molar-refractivity contribution in [2.75, 3.05) is 14.2 Å². The van der Waals surface area contributed by atoms with E-state index in [1.54, 1.807) is 0 Å². The van der Waals surface area contributed by atoms with Gasteiger partial charge in [0.05, 0.1) is 19.8 Å². The summed E-state index contributed by atoms with van der Waals surface area (Å²) in [4.78, 5) is 33.5. The van der Waals surface area contributed by atoms with Crippen molar-refractivity contribution in [2.24, 2.45) is 0 Å². The molecule has 6 heteroatoms. The van der Waals surface area contributed by atoms with Crippen LogP contribution in [0, 0.1) is 0 Å². The smallest absolute Gasteiger partial charge is 0.345 e. The van der Waals surface area contributed by atoms with Crippen LogP contribution in [0.5, 0.6) is 0 Å². The van der Waals surface area contributed by atoms with E-state index < -0.39 is 17.9 Å². The van der Waals surface area contributed by atoms with Crippen LogP contribution in [0.3, 0.4) is 0 Å². The van der Waals surface area contributed by atoms with Gasteiger partial charge in [-0.05, 0) is 23.8 Å². The van der Waals surface area contributed by atoms with E-state index in [0.29, 0.717) is 5.56 Å². The molecule has 0 bridgehead atoms. The highest BCUT2D eigenvalue weighted by molar-refractivity contribution is 6.17. The van der Waals surface area contributed by atoms with Crippen LogP contribution >= 0.6 is 0 Å². The minimum Gasteiger partial charge on any atom is -0.478 e. The lowest BCUT2D eigenvalue weighted by Crippen LogP contribution is -2.15. The van der Waals surface area contributed by atoms with Crippen molar-refractivity contribution in [3.63, 3.8) is 0 Å². The van der Waals surface area contributed by atoms with Gasteiger partial charge in [0.15, 0.2) is 0 Å². The Morgan fingerprint density at radius 2 is 1.47 bits per heavy atom.